The number of anilines is 2. The van der Waals surface area contributed by atoms with E-state index in [0.29, 0.717) is 44.2 Å². The van der Waals surface area contributed by atoms with Crippen LogP contribution in [0.3, 0.4) is 0 Å². The quantitative estimate of drug-likeness (QED) is 0.240. The minimum absolute atomic E-state index is 0.264. The zero-order chi connectivity index (χ0) is 31.2. The van der Waals surface area contributed by atoms with Crippen LogP contribution >= 0.6 is 0 Å². The lowest BCUT2D eigenvalue weighted by Gasteiger charge is -2.37. The Balaban J connectivity index is 1.35. The molecular formula is C34H42N6O4. The maximum atomic E-state index is 14.1. The molecule has 1 fully saturated rings. The average Bonchev–Trinajstić information content (AvgIpc) is 3.47. The molecule has 1 aromatic heterocycles. The average molecular weight is 599 g/mol. The molecule has 10 heteroatoms. The number of urea groups is 1. The van der Waals surface area contributed by atoms with Gasteiger partial charge in [0.05, 0.1) is 19.9 Å². The van der Waals surface area contributed by atoms with Crippen molar-refractivity contribution < 1.29 is 19.1 Å². The van der Waals surface area contributed by atoms with Gasteiger partial charge in [-0.1, -0.05) is 31.2 Å². The van der Waals surface area contributed by atoms with Crippen LogP contribution in [0, 0.1) is 0 Å². The third kappa shape index (κ3) is 6.92. The van der Waals surface area contributed by atoms with E-state index in [1.54, 1.807) is 19.1 Å². The lowest BCUT2D eigenvalue weighted by molar-refractivity contribution is -0.118. The van der Waals surface area contributed by atoms with E-state index in [2.05, 4.69) is 25.4 Å². The van der Waals surface area contributed by atoms with Crippen molar-refractivity contribution in [2.24, 2.45) is 0 Å². The minimum atomic E-state index is -0.844. The molecule has 2 atom stereocenters. The van der Waals surface area contributed by atoms with E-state index < -0.39 is 6.04 Å². The summed E-state index contributed by atoms with van der Waals surface area (Å²) in [7, 11) is 7.22. The van der Waals surface area contributed by atoms with Crippen molar-refractivity contribution in [3.05, 3.63) is 84.1 Å². The van der Waals surface area contributed by atoms with E-state index >= 15 is 0 Å². The molecule has 232 valence electrons. The molecule has 0 spiro atoms. The first-order chi connectivity index (χ1) is 21.3. The number of hydrogen-bond donors (Lipinski definition) is 3. The van der Waals surface area contributed by atoms with Crippen molar-refractivity contribution in [1.29, 1.82) is 0 Å². The molecule has 10 nitrogen and oxygen atoms in total. The molecule has 3 N–H and O–H groups in total. The summed E-state index contributed by atoms with van der Waals surface area (Å²) in [5, 5.41) is 7.18. The summed E-state index contributed by atoms with van der Waals surface area (Å²) in [4.78, 5) is 37.1. The van der Waals surface area contributed by atoms with Crippen LogP contribution in [0.2, 0.25) is 0 Å². The van der Waals surface area contributed by atoms with Crippen molar-refractivity contribution >= 4 is 34.2 Å². The second-order valence-electron chi connectivity index (χ2n) is 11.4. The first-order valence-corrected chi connectivity index (χ1v) is 14.9. The summed E-state index contributed by atoms with van der Waals surface area (Å²) in [6, 6.07) is 20.6. The van der Waals surface area contributed by atoms with E-state index in [0.717, 1.165) is 33.5 Å². The smallest absolute Gasteiger partial charge is 0.318 e. The Hall–Kier alpha value is -4.70. The summed E-state index contributed by atoms with van der Waals surface area (Å²) in [6.07, 6.45) is 1.92. The van der Waals surface area contributed by atoms with Gasteiger partial charge in [-0.2, -0.15) is 0 Å². The number of nitrogens with zero attached hydrogens (tertiary/aromatic N) is 3. The molecule has 0 aliphatic carbocycles. The lowest BCUT2D eigenvalue weighted by Crippen LogP contribution is -2.56. The molecule has 5 rings (SSSR count). The van der Waals surface area contributed by atoms with Gasteiger partial charge in [-0.05, 0) is 67.7 Å². The summed E-state index contributed by atoms with van der Waals surface area (Å²) < 4.78 is 10.9. The Morgan fingerprint density at radius 3 is 2.36 bits per heavy atom. The minimum Gasteiger partial charge on any atom is -0.497 e. The monoisotopic (exact) mass is 598 g/mol. The van der Waals surface area contributed by atoms with Crippen molar-refractivity contribution in [1.82, 2.24) is 20.1 Å². The van der Waals surface area contributed by atoms with Gasteiger partial charge in [0, 0.05) is 61.4 Å². The highest BCUT2D eigenvalue weighted by Crippen LogP contribution is 2.31. The Kier molecular flexibility index (Phi) is 9.59. The summed E-state index contributed by atoms with van der Waals surface area (Å²) in [5.41, 5.74) is 4.62. The van der Waals surface area contributed by atoms with Gasteiger partial charge in [0.2, 0.25) is 5.91 Å². The Labute approximate surface area is 258 Å². The number of benzene rings is 3. The van der Waals surface area contributed by atoms with Gasteiger partial charge in [-0.25, -0.2) is 4.79 Å². The first-order valence-electron chi connectivity index (χ1n) is 14.9. The second kappa shape index (κ2) is 13.7. The number of aromatic amines is 1. The van der Waals surface area contributed by atoms with Crippen molar-refractivity contribution in [2.45, 2.75) is 25.4 Å². The molecule has 3 amide bonds. The molecule has 0 radical (unpaired) electrons. The highest BCUT2D eigenvalue weighted by atomic mass is 16.5. The van der Waals surface area contributed by atoms with E-state index in [-0.39, 0.29) is 17.9 Å². The number of nitrogens with one attached hydrogen (secondary N) is 3. The van der Waals surface area contributed by atoms with Crippen molar-refractivity contribution in [3.63, 3.8) is 0 Å². The molecule has 0 saturated carbocycles. The zero-order valence-electron chi connectivity index (χ0n) is 26.1. The lowest BCUT2D eigenvalue weighted by atomic mass is 9.92. The third-order valence-corrected chi connectivity index (χ3v) is 8.20. The number of amides is 3. The molecular weight excluding hydrogens is 556 g/mol. The van der Waals surface area contributed by atoms with Crippen molar-refractivity contribution in [2.75, 3.05) is 64.7 Å². The van der Waals surface area contributed by atoms with Crippen LogP contribution in [0.5, 0.6) is 11.5 Å². The number of carbonyl (C=O) groups excluding carboxylic acids is 2. The van der Waals surface area contributed by atoms with Crippen LogP contribution < -0.4 is 25.0 Å². The van der Waals surface area contributed by atoms with Gasteiger partial charge in [-0.3, -0.25) is 4.79 Å². The zero-order valence-corrected chi connectivity index (χ0v) is 26.1. The van der Waals surface area contributed by atoms with Gasteiger partial charge < -0.3 is 39.8 Å². The van der Waals surface area contributed by atoms with E-state index in [9.17, 15) is 9.59 Å². The van der Waals surface area contributed by atoms with Gasteiger partial charge in [-0.15, -0.1) is 0 Å². The Morgan fingerprint density at radius 1 is 0.955 bits per heavy atom. The van der Waals surface area contributed by atoms with E-state index in [1.807, 2.05) is 93.9 Å². The first kappa shape index (κ1) is 30.7. The fraction of sp³-hybridized carbons (Fsp3) is 0.353. The molecule has 2 heterocycles. The number of para-hydroxylation sites is 1. The highest BCUT2D eigenvalue weighted by molar-refractivity contribution is 5.99. The fourth-order valence-corrected chi connectivity index (χ4v) is 5.78. The summed E-state index contributed by atoms with van der Waals surface area (Å²) in [6.45, 7) is 5.12. The molecule has 3 aromatic carbocycles. The van der Waals surface area contributed by atoms with Crippen LogP contribution in [0.25, 0.3) is 10.9 Å². The number of methoxy groups -OCH3 is 2. The predicted octanol–water partition coefficient (Wildman–Crippen LogP) is 4.89. The number of piperazine rings is 1. The number of fused-ring (bicyclic) bond motifs is 1. The highest BCUT2D eigenvalue weighted by Gasteiger charge is 2.32. The van der Waals surface area contributed by atoms with E-state index in [1.165, 1.54) is 0 Å². The normalized spacial score (nSPS) is 14.8. The number of carbonyl (C=O) groups is 2. The Bertz CT molecular complexity index is 1580. The number of rotatable bonds is 10. The topological polar surface area (TPSA) is 102 Å². The molecule has 1 saturated heterocycles. The maximum Gasteiger partial charge on any atom is 0.318 e. The van der Waals surface area contributed by atoms with Gasteiger partial charge in [0.15, 0.2) is 0 Å². The number of H-pyrrole nitrogens is 1. The number of ether oxygens (including phenoxy) is 2. The fourth-order valence-electron chi connectivity index (χ4n) is 5.78. The van der Waals surface area contributed by atoms with Gasteiger partial charge in [0.1, 0.15) is 17.5 Å². The van der Waals surface area contributed by atoms with Gasteiger partial charge >= 0.3 is 6.03 Å². The third-order valence-electron chi connectivity index (χ3n) is 8.20. The molecule has 44 heavy (non-hydrogen) atoms. The molecule has 1 aliphatic heterocycles. The van der Waals surface area contributed by atoms with Crippen molar-refractivity contribution in [3.8, 4) is 11.5 Å². The van der Waals surface area contributed by atoms with Crippen LogP contribution in [0.15, 0.2) is 72.9 Å². The molecule has 1 aliphatic rings. The standard InChI is InChI=1S/C34H42N6O4/c1-23(28-21-35-29-9-7-6-8-27(28)29)32(33(41)36-30-20-24(22-38(2)3)10-15-31(30)44-5)37-34(42)40-18-16-39(17-19-40)25-11-13-26(43-4)14-12-25/h6-15,20-21,23,32,35H,16-19,22H2,1-5H3,(H,36,41)(H,37,42)/t23-,32-/m1/s1. The number of hydrogen-bond acceptors (Lipinski definition) is 6. The van der Waals surface area contributed by atoms with E-state index in [4.69, 9.17) is 9.47 Å². The summed E-state index contributed by atoms with van der Waals surface area (Å²) in [5.74, 6) is 0.725. The molecule has 0 bridgehead atoms. The Morgan fingerprint density at radius 2 is 1.68 bits per heavy atom. The van der Waals surface area contributed by atoms with Crippen LogP contribution in [-0.4, -0.2) is 87.3 Å². The van der Waals surface area contributed by atoms with Crippen LogP contribution in [-0.2, 0) is 11.3 Å². The van der Waals surface area contributed by atoms with Crippen LogP contribution in [0.1, 0.15) is 24.0 Å². The molecule has 4 aromatic rings. The largest absolute Gasteiger partial charge is 0.497 e. The maximum absolute atomic E-state index is 14.1. The molecule has 0 unspecified atom stereocenters. The SMILES string of the molecule is COc1ccc(N2CCN(C(=O)N[C@@H](C(=O)Nc3cc(CN(C)C)ccc3OC)[C@H](C)c3c[nH]c4ccccc34)CC2)cc1. The van der Waals surface area contributed by atoms with Gasteiger partial charge in [0.25, 0.3) is 0 Å². The predicted molar refractivity (Wildman–Crippen MR) is 175 cm³/mol. The number of aromatic nitrogens is 1. The summed E-state index contributed by atoms with van der Waals surface area (Å²) >= 11 is 0. The second-order valence-corrected chi connectivity index (χ2v) is 11.4. The van der Waals surface area contributed by atoms with Crippen LogP contribution in [0.4, 0.5) is 16.2 Å².